The van der Waals surface area contributed by atoms with Crippen molar-refractivity contribution in [3.8, 4) is 0 Å². The Hall–Kier alpha value is -0.650. The number of ether oxygens (including phenoxy) is 1. The maximum absolute atomic E-state index is 10.6. The lowest BCUT2D eigenvalue weighted by atomic mass is 10.0. The van der Waals surface area contributed by atoms with Crippen molar-refractivity contribution < 1.29 is 14.6 Å². The van der Waals surface area contributed by atoms with Crippen LogP contribution >= 0.6 is 0 Å². The summed E-state index contributed by atoms with van der Waals surface area (Å²) in [5, 5.41) is 8.67. The molecule has 88 valence electrons. The van der Waals surface area contributed by atoms with Crippen LogP contribution in [0.15, 0.2) is 0 Å². The van der Waals surface area contributed by atoms with Crippen LogP contribution in [-0.2, 0) is 9.53 Å². The van der Waals surface area contributed by atoms with E-state index in [4.69, 9.17) is 15.6 Å². The van der Waals surface area contributed by atoms with Gasteiger partial charge in [0.2, 0.25) is 0 Å². The van der Waals surface area contributed by atoms with E-state index >= 15 is 0 Å². The van der Waals surface area contributed by atoms with Crippen LogP contribution in [0.4, 0.5) is 0 Å². The van der Waals surface area contributed by atoms with Gasteiger partial charge in [0.25, 0.3) is 0 Å². The first kappa shape index (κ1) is 12.4. The number of nitrogens with zero attached hydrogens (tertiary/aromatic N) is 1. The number of carbonyl (C=O) groups is 1. The zero-order valence-electron chi connectivity index (χ0n) is 9.40. The summed E-state index contributed by atoms with van der Waals surface area (Å²) in [5.74, 6) is -0.930. The molecule has 0 saturated carbocycles. The third-order valence-electron chi connectivity index (χ3n) is 2.84. The van der Waals surface area contributed by atoms with Gasteiger partial charge in [-0.15, -0.1) is 0 Å². The molecule has 1 rings (SSSR count). The normalized spacial score (nSPS) is 23.7. The Balaban J connectivity index is 2.39. The topological polar surface area (TPSA) is 75.8 Å². The zero-order chi connectivity index (χ0) is 11.5. The quantitative estimate of drug-likeness (QED) is 0.686. The summed E-state index contributed by atoms with van der Waals surface area (Å²) in [4.78, 5) is 12.8. The molecule has 0 amide bonds. The summed E-state index contributed by atoms with van der Waals surface area (Å²) >= 11 is 0. The van der Waals surface area contributed by atoms with E-state index < -0.39 is 12.0 Å². The summed E-state index contributed by atoms with van der Waals surface area (Å²) in [6.07, 6.45) is 0.485. The molecular weight excluding hydrogens is 196 g/mol. The monoisotopic (exact) mass is 216 g/mol. The lowest BCUT2D eigenvalue weighted by Crippen LogP contribution is -2.54. The van der Waals surface area contributed by atoms with E-state index in [1.165, 1.54) is 0 Å². The van der Waals surface area contributed by atoms with Gasteiger partial charge in [-0.2, -0.15) is 0 Å². The smallest absolute Gasteiger partial charge is 0.320 e. The number of hydrogen-bond donors (Lipinski definition) is 2. The number of carboxylic acid groups (broad SMARTS) is 1. The molecule has 0 aliphatic carbocycles. The molecule has 1 fully saturated rings. The van der Waals surface area contributed by atoms with Crippen LogP contribution in [0.3, 0.4) is 0 Å². The minimum absolute atomic E-state index is 0.0174. The van der Waals surface area contributed by atoms with Gasteiger partial charge in [0, 0.05) is 18.6 Å². The van der Waals surface area contributed by atoms with Gasteiger partial charge < -0.3 is 15.6 Å². The van der Waals surface area contributed by atoms with Gasteiger partial charge in [0.15, 0.2) is 0 Å². The Bertz CT molecular complexity index is 231. The van der Waals surface area contributed by atoms with Crippen molar-refractivity contribution >= 4 is 5.97 Å². The van der Waals surface area contributed by atoms with Gasteiger partial charge in [0.1, 0.15) is 6.04 Å². The summed E-state index contributed by atoms with van der Waals surface area (Å²) in [5.41, 5.74) is 5.45. The molecule has 0 aromatic heterocycles. The first-order chi connectivity index (χ1) is 6.93. The molecule has 1 saturated heterocycles. The van der Waals surface area contributed by atoms with Crippen molar-refractivity contribution in [2.45, 2.75) is 31.8 Å². The Morgan fingerprint density at radius 3 is 2.87 bits per heavy atom. The summed E-state index contributed by atoms with van der Waals surface area (Å²) in [7, 11) is 0. The van der Waals surface area contributed by atoms with E-state index in [0.29, 0.717) is 26.2 Å². The lowest BCUT2D eigenvalue weighted by Gasteiger charge is -2.42. The number of rotatable bonds is 4. The highest BCUT2D eigenvalue weighted by Crippen LogP contribution is 2.19. The molecule has 0 radical (unpaired) electrons. The Kier molecular flexibility index (Phi) is 4.07. The largest absolute Gasteiger partial charge is 0.480 e. The van der Waals surface area contributed by atoms with Gasteiger partial charge >= 0.3 is 5.97 Å². The molecule has 0 aromatic rings. The van der Waals surface area contributed by atoms with Crippen LogP contribution in [0, 0.1) is 0 Å². The maximum Gasteiger partial charge on any atom is 0.320 e. The second-order valence-corrected chi connectivity index (χ2v) is 4.59. The third kappa shape index (κ3) is 3.44. The van der Waals surface area contributed by atoms with Crippen molar-refractivity contribution in [2.24, 2.45) is 5.73 Å². The van der Waals surface area contributed by atoms with Gasteiger partial charge in [0.05, 0.1) is 13.2 Å². The third-order valence-corrected chi connectivity index (χ3v) is 2.84. The van der Waals surface area contributed by atoms with Crippen LogP contribution in [0.2, 0.25) is 0 Å². The summed E-state index contributed by atoms with van der Waals surface area (Å²) in [6, 6.07) is -0.761. The van der Waals surface area contributed by atoms with Crippen molar-refractivity contribution in [1.82, 2.24) is 4.90 Å². The minimum Gasteiger partial charge on any atom is -0.480 e. The molecule has 3 N–H and O–H groups in total. The molecule has 5 nitrogen and oxygen atoms in total. The molecule has 15 heavy (non-hydrogen) atoms. The van der Waals surface area contributed by atoms with Gasteiger partial charge in [-0.25, -0.2) is 0 Å². The predicted octanol–water partition coefficient (Wildman–Crippen LogP) is -0.101. The molecular formula is C10H20N2O3. The molecule has 0 spiro atoms. The van der Waals surface area contributed by atoms with E-state index in [9.17, 15) is 4.79 Å². The molecule has 1 aliphatic rings. The second kappa shape index (κ2) is 4.92. The molecule has 1 aliphatic heterocycles. The molecule has 5 heteroatoms. The van der Waals surface area contributed by atoms with E-state index in [1.807, 2.05) is 0 Å². The van der Waals surface area contributed by atoms with E-state index in [0.717, 1.165) is 6.54 Å². The molecule has 0 bridgehead atoms. The van der Waals surface area contributed by atoms with Crippen LogP contribution in [0.1, 0.15) is 20.3 Å². The summed E-state index contributed by atoms with van der Waals surface area (Å²) in [6.45, 7) is 7.15. The second-order valence-electron chi connectivity index (χ2n) is 4.59. The fraction of sp³-hybridized carbons (Fsp3) is 0.900. The molecule has 0 aromatic carbocycles. The number of aliphatic carboxylic acids is 1. The predicted molar refractivity (Wildman–Crippen MR) is 56.7 cm³/mol. The van der Waals surface area contributed by atoms with Crippen molar-refractivity contribution in [3.05, 3.63) is 0 Å². The molecule has 1 atom stereocenters. The number of nitrogens with two attached hydrogens (primary N) is 1. The highest BCUT2D eigenvalue weighted by molar-refractivity contribution is 5.72. The van der Waals surface area contributed by atoms with E-state index in [2.05, 4.69) is 18.7 Å². The van der Waals surface area contributed by atoms with Gasteiger partial charge in [-0.1, -0.05) is 0 Å². The van der Waals surface area contributed by atoms with Gasteiger partial charge in [-0.05, 0) is 20.3 Å². The molecule has 1 unspecified atom stereocenters. The number of hydrogen-bond acceptors (Lipinski definition) is 4. The highest BCUT2D eigenvalue weighted by atomic mass is 16.5. The lowest BCUT2D eigenvalue weighted by molar-refractivity contribution is -0.139. The summed E-state index contributed by atoms with van der Waals surface area (Å²) < 4.78 is 5.38. The fourth-order valence-corrected chi connectivity index (χ4v) is 1.72. The zero-order valence-corrected chi connectivity index (χ0v) is 9.40. The average molecular weight is 216 g/mol. The van der Waals surface area contributed by atoms with Crippen molar-refractivity contribution in [1.29, 1.82) is 0 Å². The minimum atomic E-state index is -0.930. The van der Waals surface area contributed by atoms with E-state index in [1.54, 1.807) is 0 Å². The Morgan fingerprint density at radius 2 is 2.33 bits per heavy atom. The van der Waals surface area contributed by atoms with Crippen LogP contribution in [-0.4, -0.2) is 53.9 Å². The van der Waals surface area contributed by atoms with Crippen LogP contribution < -0.4 is 5.73 Å². The van der Waals surface area contributed by atoms with Crippen molar-refractivity contribution in [3.63, 3.8) is 0 Å². The first-order valence-corrected chi connectivity index (χ1v) is 5.24. The van der Waals surface area contributed by atoms with Crippen molar-refractivity contribution in [2.75, 3.05) is 26.3 Å². The molecule has 1 heterocycles. The van der Waals surface area contributed by atoms with E-state index in [-0.39, 0.29) is 5.54 Å². The number of morpholine rings is 1. The highest BCUT2D eigenvalue weighted by Gasteiger charge is 2.30. The van der Waals surface area contributed by atoms with Gasteiger partial charge in [-0.3, -0.25) is 9.69 Å². The number of carboxylic acids is 1. The maximum atomic E-state index is 10.6. The van der Waals surface area contributed by atoms with Crippen LogP contribution in [0.25, 0.3) is 0 Å². The fourth-order valence-electron chi connectivity index (χ4n) is 1.72. The first-order valence-electron chi connectivity index (χ1n) is 5.24. The Labute approximate surface area is 90.2 Å². The van der Waals surface area contributed by atoms with Crippen LogP contribution in [0.5, 0.6) is 0 Å². The standard InChI is InChI=1S/C10H20N2O3/c1-10(2)7-15-6-5-12(10)4-3-8(11)9(13)14/h8H,3-7,11H2,1-2H3,(H,13,14). The average Bonchev–Trinajstić information content (AvgIpc) is 2.14. The Morgan fingerprint density at radius 1 is 1.67 bits per heavy atom. The SMILES string of the molecule is CC1(C)COCCN1CCC(N)C(=O)O.